The van der Waals surface area contributed by atoms with Crippen LogP contribution in [-0.4, -0.2) is 19.2 Å². The first-order valence-corrected chi connectivity index (χ1v) is 6.62. The highest BCUT2D eigenvalue weighted by Gasteiger charge is 2.00. The third-order valence-corrected chi connectivity index (χ3v) is 2.69. The average molecular weight is 273 g/mol. The Labute approximate surface area is 119 Å². The van der Waals surface area contributed by atoms with Gasteiger partial charge in [-0.15, -0.1) is 0 Å². The summed E-state index contributed by atoms with van der Waals surface area (Å²) < 4.78 is 10.2. The van der Waals surface area contributed by atoms with Gasteiger partial charge in [0.05, 0.1) is 6.61 Å². The molecule has 4 heteroatoms. The fourth-order valence-corrected chi connectivity index (χ4v) is 1.56. The minimum absolute atomic E-state index is 0.0262. The lowest BCUT2D eigenvalue weighted by Gasteiger charge is -2.05. The van der Waals surface area contributed by atoms with Gasteiger partial charge in [-0.25, -0.2) is 4.79 Å². The molecule has 0 atom stereocenters. The van der Waals surface area contributed by atoms with Crippen molar-refractivity contribution >= 4 is 12.0 Å². The molecule has 0 N–H and O–H groups in total. The lowest BCUT2D eigenvalue weighted by atomic mass is 10.1. The van der Waals surface area contributed by atoms with E-state index in [-0.39, 0.29) is 12.6 Å². The molecule has 20 heavy (non-hydrogen) atoms. The SMILES string of the molecule is CCCCOC(=O)/C=C/c1ccc(OCC#N)cc1C. The maximum atomic E-state index is 11.4. The van der Waals surface area contributed by atoms with Crippen LogP contribution in [0.15, 0.2) is 24.3 Å². The van der Waals surface area contributed by atoms with Gasteiger partial charge in [0.15, 0.2) is 6.61 Å². The number of rotatable bonds is 7. The second-order valence-corrected chi connectivity index (χ2v) is 4.32. The topological polar surface area (TPSA) is 59.3 Å². The number of ether oxygens (including phenoxy) is 2. The summed E-state index contributed by atoms with van der Waals surface area (Å²) >= 11 is 0. The number of hydrogen-bond donors (Lipinski definition) is 0. The highest BCUT2D eigenvalue weighted by molar-refractivity contribution is 5.87. The zero-order chi connectivity index (χ0) is 14.8. The quantitative estimate of drug-likeness (QED) is 0.434. The van der Waals surface area contributed by atoms with Gasteiger partial charge in [0, 0.05) is 6.08 Å². The van der Waals surface area contributed by atoms with E-state index in [1.165, 1.54) is 6.08 Å². The summed E-state index contributed by atoms with van der Waals surface area (Å²) in [6.45, 7) is 4.45. The Balaban J connectivity index is 2.59. The summed E-state index contributed by atoms with van der Waals surface area (Å²) in [5.74, 6) is 0.314. The molecule has 0 fully saturated rings. The standard InChI is InChI=1S/C16H19NO3/c1-3-4-10-20-16(18)8-6-14-5-7-15(12-13(14)2)19-11-9-17/h5-8,12H,3-4,10-11H2,1-2H3/b8-6+. The molecule has 1 aromatic rings. The van der Waals surface area contributed by atoms with Crippen LogP contribution in [0.4, 0.5) is 0 Å². The van der Waals surface area contributed by atoms with E-state index >= 15 is 0 Å². The maximum absolute atomic E-state index is 11.4. The highest BCUT2D eigenvalue weighted by atomic mass is 16.5. The van der Waals surface area contributed by atoms with Crippen molar-refractivity contribution < 1.29 is 14.3 Å². The van der Waals surface area contributed by atoms with Gasteiger partial charge in [0.1, 0.15) is 11.8 Å². The summed E-state index contributed by atoms with van der Waals surface area (Å²) in [6, 6.07) is 7.37. The van der Waals surface area contributed by atoms with Crippen LogP contribution in [0.5, 0.6) is 5.75 Å². The van der Waals surface area contributed by atoms with Crippen LogP contribution in [0.2, 0.25) is 0 Å². The van der Waals surface area contributed by atoms with Gasteiger partial charge < -0.3 is 9.47 Å². The average Bonchev–Trinajstić information content (AvgIpc) is 2.44. The second kappa shape index (κ2) is 8.76. The van der Waals surface area contributed by atoms with E-state index in [0.717, 1.165) is 24.0 Å². The third kappa shape index (κ3) is 5.57. The van der Waals surface area contributed by atoms with Crippen LogP contribution in [0.1, 0.15) is 30.9 Å². The number of esters is 1. The predicted molar refractivity (Wildman–Crippen MR) is 77.2 cm³/mol. The number of aryl methyl sites for hydroxylation is 1. The molecule has 0 aliphatic carbocycles. The first-order chi connectivity index (χ1) is 9.67. The largest absolute Gasteiger partial charge is 0.479 e. The summed E-state index contributed by atoms with van der Waals surface area (Å²) in [5.41, 5.74) is 1.89. The molecule has 0 bridgehead atoms. The van der Waals surface area contributed by atoms with Crippen LogP contribution in [0.3, 0.4) is 0 Å². The van der Waals surface area contributed by atoms with Crippen molar-refractivity contribution in [1.82, 2.24) is 0 Å². The van der Waals surface area contributed by atoms with Crippen molar-refractivity contribution in [2.45, 2.75) is 26.7 Å². The normalized spacial score (nSPS) is 10.2. The molecule has 106 valence electrons. The smallest absolute Gasteiger partial charge is 0.330 e. The van der Waals surface area contributed by atoms with Gasteiger partial charge in [0.2, 0.25) is 0 Å². The minimum Gasteiger partial charge on any atom is -0.479 e. The summed E-state index contributed by atoms with van der Waals surface area (Å²) in [7, 11) is 0. The number of unbranched alkanes of at least 4 members (excludes halogenated alkanes) is 1. The Kier molecular flexibility index (Phi) is 6.91. The highest BCUT2D eigenvalue weighted by Crippen LogP contribution is 2.18. The first kappa shape index (κ1) is 15.8. The van der Waals surface area contributed by atoms with E-state index in [0.29, 0.717) is 12.4 Å². The number of nitriles is 1. The fourth-order valence-electron chi connectivity index (χ4n) is 1.56. The number of benzene rings is 1. The molecule has 0 aliphatic rings. The monoisotopic (exact) mass is 273 g/mol. The summed E-state index contributed by atoms with van der Waals surface area (Å²) in [6.07, 6.45) is 5.02. The molecular formula is C16H19NO3. The minimum atomic E-state index is -0.331. The lowest BCUT2D eigenvalue weighted by molar-refractivity contribution is -0.137. The van der Waals surface area contributed by atoms with Crippen molar-refractivity contribution in [3.05, 3.63) is 35.4 Å². The molecule has 0 amide bonds. The molecule has 0 unspecified atom stereocenters. The molecule has 1 aromatic carbocycles. The Morgan fingerprint density at radius 1 is 1.45 bits per heavy atom. The van der Waals surface area contributed by atoms with Gasteiger partial charge >= 0.3 is 5.97 Å². The first-order valence-electron chi connectivity index (χ1n) is 6.62. The number of nitrogens with zero attached hydrogens (tertiary/aromatic N) is 1. The van der Waals surface area contributed by atoms with Gasteiger partial charge in [-0.05, 0) is 42.7 Å². The van der Waals surface area contributed by atoms with E-state index in [1.54, 1.807) is 12.1 Å². The van der Waals surface area contributed by atoms with Crippen molar-refractivity contribution in [2.24, 2.45) is 0 Å². The number of carbonyl (C=O) groups is 1. The summed E-state index contributed by atoms with van der Waals surface area (Å²) in [5, 5.41) is 8.45. The Morgan fingerprint density at radius 3 is 2.90 bits per heavy atom. The van der Waals surface area contributed by atoms with Crippen molar-refractivity contribution in [2.75, 3.05) is 13.2 Å². The van der Waals surface area contributed by atoms with Gasteiger partial charge in [-0.1, -0.05) is 19.4 Å². The maximum Gasteiger partial charge on any atom is 0.330 e. The molecular weight excluding hydrogens is 254 g/mol. The van der Waals surface area contributed by atoms with Crippen LogP contribution in [0, 0.1) is 18.3 Å². The number of carbonyl (C=O) groups excluding carboxylic acids is 1. The molecule has 0 aliphatic heterocycles. The van der Waals surface area contributed by atoms with E-state index < -0.39 is 0 Å². The van der Waals surface area contributed by atoms with Crippen LogP contribution < -0.4 is 4.74 Å². The van der Waals surface area contributed by atoms with Crippen molar-refractivity contribution in [3.8, 4) is 11.8 Å². The molecule has 0 saturated carbocycles. The molecule has 0 saturated heterocycles. The lowest BCUT2D eigenvalue weighted by Crippen LogP contribution is -2.01. The van der Waals surface area contributed by atoms with Gasteiger partial charge in [0.25, 0.3) is 0 Å². The fraction of sp³-hybridized carbons (Fsp3) is 0.375. The third-order valence-electron chi connectivity index (χ3n) is 2.69. The van der Waals surface area contributed by atoms with Crippen LogP contribution in [-0.2, 0) is 9.53 Å². The molecule has 0 heterocycles. The van der Waals surface area contributed by atoms with Crippen molar-refractivity contribution in [1.29, 1.82) is 5.26 Å². The summed E-state index contributed by atoms with van der Waals surface area (Å²) in [4.78, 5) is 11.4. The molecule has 0 radical (unpaired) electrons. The van der Waals surface area contributed by atoms with Crippen molar-refractivity contribution in [3.63, 3.8) is 0 Å². The molecule has 0 aromatic heterocycles. The Hall–Kier alpha value is -2.28. The molecule has 1 rings (SSSR count). The van der Waals surface area contributed by atoms with E-state index in [4.69, 9.17) is 14.7 Å². The molecule has 0 spiro atoms. The Morgan fingerprint density at radius 2 is 2.25 bits per heavy atom. The van der Waals surface area contributed by atoms with Crippen LogP contribution in [0.25, 0.3) is 6.08 Å². The van der Waals surface area contributed by atoms with E-state index in [2.05, 4.69) is 0 Å². The van der Waals surface area contributed by atoms with Gasteiger partial charge in [-0.3, -0.25) is 0 Å². The zero-order valence-electron chi connectivity index (χ0n) is 11.9. The van der Waals surface area contributed by atoms with Gasteiger partial charge in [-0.2, -0.15) is 5.26 Å². The number of hydrogen-bond acceptors (Lipinski definition) is 4. The van der Waals surface area contributed by atoms with E-state index in [9.17, 15) is 4.79 Å². The zero-order valence-corrected chi connectivity index (χ0v) is 11.9. The van der Waals surface area contributed by atoms with E-state index in [1.807, 2.05) is 32.0 Å². The Bertz CT molecular complexity index is 515. The molecule has 4 nitrogen and oxygen atoms in total. The predicted octanol–water partition coefficient (Wildman–Crippen LogP) is 3.25. The van der Waals surface area contributed by atoms with Crippen LogP contribution >= 0.6 is 0 Å². The second-order valence-electron chi connectivity index (χ2n) is 4.32.